The summed E-state index contributed by atoms with van der Waals surface area (Å²) in [5, 5.41) is 0. The van der Waals surface area contributed by atoms with Gasteiger partial charge in [0.05, 0.1) is 6.61 Å². The van der Waals surface area contributed by atoms with E-state index in [-0.39, 0.29) is 0 Å². The van der Waals surface area contributed by atoms with Crippen LogP contribution in [-0.2, 0) is 4.84 Å². The summed E-state index contributed by atoms with van der Waals surface area (Å²) in [5.74, 6) is 0.785. The van der Waals surface area contributed by atoms with E-state index in [0.717, 1.165) is 16.4 Å². The first kappa shape index (κ1) is 8.74. The highest BCUT2D eigenvalue weighted by Gasteiger charge is 2.24. The van der Waals surface area contributed by atoms with E-state index in [1.165, 1.54) is 19.3 Å². The Morgan fingerprint density at radius 2 is 2.40 bits per heavy atom. The highest BCUT2D eigenvalue weighted by molar-refractivity contribution is 14.1. The molecule has 10 heavy (non-hydrogen) atoms. The van der Waals surface area contributed by atoms with Crippen molar-refractivity contribution in [2.45, 2.75) is 23.2 Å². The molecule has 2 atom stereocenters. The van der Waals surface area contributed by atoms with Crippen LogP contribution in [0.4, 0.5) is 0 Å². The Balaban J connectivity index is 2.14. The first-order valence-corrected chi connectivity index (χ1v) is 5.01. The summed E-state index contributed by atoms with van der Waals surface area (Å²) in [6.07, 6.45) is 4.10. The fraction of sp³-hybridized carbons (Fsp3) is 1.00. The molecule has 2 nitrogen and oxygen atoms in total. The van der Waals surface area contributed by atoms with Crippen molar-refractivity contribution in [3.05, 3.63) is 0 Å². The maximum absolute atomic E-state index is 5.13. The van der Waals surface area contributed by atoms with Crippen LogP contribution in [0.25, 0.3) is 0 Å². The minimum atomic E-state index is 0.785. The van der Waals surface area contributed by atoms with Gasteiger partial charge in [0.15, 0.2) is 0 Å². The van der Waals surface area contributed by atoms with Crippen molar-refractivity contribution in [3.8, 4) is 0 Å². The van der Waals surface area contributed by atoms with E-state index in [1.807, 2.05) is 7.05 Å². The molecule has 1 unspecified atom stereocenters. The van der Waals surface area contributed by atoms with Crippen LogP contribution in [0.3, 0.4) is 0 Å². The van der Waals surface area contributed by atoms with E-state index in [4.69, 9.17) is 4.84 Å². The minimum Gasteiger partial charge on any atom is -0.302 e. The molecule has 1 N–H and O–H groups in total. The molecule has 1 saturated carbocycles. The van der Waals surface area contributed by atoms with Gasteiger partial charge in [-0.25, -0.2) is 5.48 Å². The summed E-state index contributed by atoms with van der Waals surface area (Å²) in [5.41, 5.74) is 2.71. The SMILES string of the molecule is CNOC[C@@H]1CCCC1I. The molecular weight excluding hydrogens is 241 g/mol. The van der Waals surface area contributed by atoms with Gasteiger partial charge in [0.25, 0.3) is 0 Å². The van der Waals surface area contributed by atoms with Gasteiger partial charge < -0.3 is 4.84 Å². The van der Waals surface area contributed by atoms with Crippen molar-refractivity contribution in [2.24, 2.45) is 5.92 Å². The molecule has 0 aromatic rings. The summed E-state index contributed by atoms with van der Waals surface area (Å²) < 4.78 is 0.839. The van der Waals surface area contributed by atoms with Crippen LogP contribution in [0, 0.1) is 5.92 Å². The molecule has 1 aliphatic rings. The van der Waals surface area contributed by atoms with Gasteiger partial charge in [-0.2, -0.15) is 0 Å². The summed E-state index contributed by atoms with van der Waals surface area (Å²) >= 11 is 2.53. The lowest BCUT2D eigenvalue weighted by molar-refractivity contribution is 0.0349. The number of hydrogen-bond acceptors (Lipinski definition) is 2. The van der Waals surface area contributed by atoms with Crippen molar-refractivity contribution >= 4 is 22.6 Å². The number of hydrogen-bond donors (Lipinski definition) is 1. The molecule has 1 fully saturated rings. The van der Waals surface area contributed by atoms with E-state index in [0.29, 0.717) is 0 Å². The van der Waals surface area contributed by atoms with E-state index >= 15 is 0 Å². The molecule has 60 valence electrons. The van der Waals surface area contributed by atoms with Crippen LogP contribution in [-0.4, -0.2) is 17.6 Å². The van der Waals surface area contributed by atoms with Crippen LogP contribution in [0.2, 0.25) is 0 Å². The number of rotatable bonds is 3. The first-order chi connectivity index (χ1) is 4.84. The van der Waals surface area contributed by atoms with Gasteiger partial charge >= 0.3 is 0 Å². The Kier molecular flexibility index (Phi) is 3.95. The third-order valence-corrected chi connectivity index (χ3v) is 3.65. The zero-order valence-corrected chi connectivity index (χ0v) is 8.43. The molecule has 0 bridgehead atoms. The number of alkyl halides is 1. The number of hydroxylamine groups is 1. The molecular formula is C7H14INO. The summed E-state index contributed by atoms with van der Waals surface area (Å²) in [4.78, 5) is 5.13. The summed E-state index contributed by atoms with van der Waals surface area (Å²) in [6.45, 7) is 0.879. The van der Waals surface area contributed by atoms with E-state index in [9.17, 15) is 0 Å². The Bertz CT molecular complexity index is 99.6. The fourth-order valence-corrected chi connectivity index (χ4v) is 2.38. The van der Waals surface area contributed by atoms with Gasteiger partial charge in [-0.05, 0) is 18.8 Å². The Hall–Kier alpha value is 0.650. The van der Waals surface area contributed by atoms with Crippen molar-refractivity contribution in [2.75, 3.05) is 13.7 Å². The molecule has 0 aromatic heterocycles. The molecule has 0 amide bonds. The average Bonchev–Trinajstić information content (AvgIpc) is 2.31. The molecule has 0 aromatic carbocycles. The molecule has 0 spiro atoms. The lowest BCUT2D eigenvalue weighted by Crippen LogP contribution is -2.19. The average molecular weight is 255 g/mol. The largest absolute Gasteiger partial charge is 0.302 e. The third kappa shape index (κ3) is 2.36. The van der Waals surface area contributed by atoms with E-state index in [2.05, 4.69) is 28.1 Å². The lowest BCUT2D eigenvalue weighted by atomic mass is 10.1. The van der Waals surface area contributed by atoms with Gasteiger partial charge in [-0.15, -0.1) is 0 Å². The smallest absolute Gasteiger partial charge is 0.0720 e. The second-order valence-corrected chi connectivity index (χ2v) is 4.32. The molecule has 3 heteroatoms. The van der Waals surface area contributed by atoms with Crippen LogP contribution in [0.5, 0.6) is 0 Å². The van der Waals surface area contributed by atoms with E-state index in [1.54, 1.807) is 0 Å². The lowest BCUT2D eigenvalue weighted by Gasteiger charge is -2.12. The van der Waals surface area contributed by atoms with Crippen molar-refractivity contribution < 1.29 is 4.84 Å². The van der Waals surface area contributed by atoms with Crippen LogP contribution < -0.4 is 5.48 Å². The maximum Gasteiger partial charge on any atom is 0.0720 e. The molecule has 0 saturated heterocycles. The first-order valence-electron chi connectivity index (χ1n) is 3.77. The number of halogens is 1. The molecule has 0 heterocycles. The van der Waals surface area contributed by atoms with Crippen molar-refractivity contribution in [1.82, 2.24) is 5.48 Å². The summed E-state index contributed by atoms with van der Waals surface area (Å²) in [7, 11) is 1.82. The van der Waals surface area contributed by atoms with Crippen LogP contribution >= 0.6 is 22.6 Å². The quantitative estimate of drug-likeness (QED) is 0.471. The van der Waals surface area contributed by atoms with Gasteiger partial charge in [0.1, 0.15) is 0 Å². The van der Waals surface area contributed by atoms with Crippen molar-refractivity contribution in [3.63, 3.8) is 0 Å². The number of nitrogens with one attached hydrogen (secondary N) is 1. The zero-order valence-electron chi connectivity index (χ0n) is 6.27. The topological polar surface area (TPSA) is 21.3 Å². The third-order valence-electron chi connectivity index (χ3n) is 2.01. The van der Waals surface area contributed by atoms with Gasteiger partial charge in [0.2, 0.25) is 0 Å². The van der Waals surface area contributed by atoms with Crippen LogP contribution in [0.1, 0.15) is 19.3 Å². The standard InChI is InChI=1S/C7H14INO/c1-9-10-5-6-3-2-4-7(6)8/h6-7,9H,2-5H2,1H3/t6-,7?/m0/s1. The normalized spacial score (nSPS) is 33.0. The van der Waals surface area contributed by atoms with Gasteiger partial charge in [-0.1, -0.05) is 29.0 Å². The summed E-state index contributed by atoms with van der Waals surface area (Å²) in [6, 6.07) is 0. The Morgan fingerprint density at radius 3 is 2.90 bits per heavy atom. The predicted molar refractivity (Wildman–Crippen MR) is 50.2 cm³/mol. The molecule has 0 radical (unpaired) electrons. The predicted octanol–water partition coefficient (Wildman–Crippen LogP) is 1.74. The van der Waals surface area contributed by atoms with Gasteiger partial charge in [0, 0.05) is 11.0 Å². The molecule has 1 aliphatic carbocycles. The highest BCUT2D eigenvalue weighted by atomic mass is 127. The minimum absolute atomic E-state index is 0.785. The highest BCUT2D eigenvalue weighted by Crippen LogP contribution is 2.31. The maximum atomic E-state index is 5.13. The van der Waals surface area contributed by atoms with Crippen LogP contribution in [0.15, 0.2) is 0 Å². The Labute approximate surface area is 75.8 Å². The van der Waals surface area contributed by atoms with Gasteiger partial charge in [-0.3, -0.25) is 0 Å². The zero-order chi connectivity index (χ0) is 7.40. The fourth-order valence-electron chi connectivity index (χ4n) is 1.37. The molecule has 0 aliphatic heterocycles. The van der Waals surface area contributed by atoms with Crippen molar-refractivity contribution in [1.29, 1.82) is 0 Å². The second-order valence-electron chi connectivity index (χ2n) is 2.72. The van der Waals surface area contributed by atoms with E-state index < -0.39 is 0 Å². The second kappa shape index (κ2) is 4.51. The monoisotopic (exact) mass is 255 g/mol. The Morgan fingerprint density at radius 1 is 1.60 bits per heavy atom. The molecule has 1 rings (SSSR count).